The maximum Gasteiger partial charge on any atom is 0.266 e. The lowest BCUT2D eigenvalue weighted by molar-refractivity contribution is 0.203. The molecule has 4 N–H and O–H groups in total. The van der Waals surface area contributed by atoms with E-state index in [1.807, 2.05) is 18.2 Å². The number of nitrogens with two attached hydrogens (primary N) is 1. The molecule has 29 heavy (non-hydrogen) atoms. The van der Waals surface area contributed by atoms with Crippen molar-refractivity contribution in [1.82, 2.24) is 4.98 Å². The summed E-state index contributed by atoms with van der Waals surface area (Å²) in [7, 11) is 1.65. The van der Waals surface area contributed by atoms with E-state index in [-0.39, 0.29) is 11.5 Å². The number of aromatic amines is 1. The quantitative estimate of drug-likeness (QED) is 0.453. The van der Waals surface area contributed by atoms with Crippen LogP contribution in [0.5, 0.6) is 5.75 Å². The Morgan fingerprint density at radius 1 is 1.17 bits per heavy atom. The number of aromatic nitrogens is 1. The molecule has 0 saturated heterocycles. The Labute approximate surface area is 172 Å². The molecule has 4 aromatic rings. The summed E-state index contributed by atoms with van der Waals surface area (Å²) in [5, 5.41) is 11.8. The third-order valence-corrected chi connectivity index (χ3v) is 6.70. The minimum Gasteiger partial charge on any atom is -0.496 e. The van der Waals surface area contributed by atoms with Gasteiger partial charge in [0.15, 0.2) is 0 Å². The highest BCUT2D eigenvalue weighted by Gasteiger charge is 2.19. The number of methoxy groups -OCH3 is 1. The first-order chi connectivity index (χ1) is 13.9. The zero-order valence-corrected chi connectivity index (χ0v) is 17.5. The summed E-state index contributed by atoms with van der Waals surface area (Å²) in [5.41, 5.74) is 9.51. The number of hydrogen-bond acceptors (Lipinski definition) is 5. The van der Waals surface area contributed by atoms with Gasteiger partial charge in [0.25, 0.3) is 5.56 Å². The molecular weight excluding hydrogens is 384 g/mol. The highest BCUT2D eigenvalue weighted by atomic mass is 32.1. The summed E-state index contributed by atoms with van der Waals surface area (Å²) >= 11 is 1.33. The first-order valence-electron chi connectivity index (χ1n) is 9.59. The lowest BCUT2D eigenvalue weighted by atomic mass is 9.94. The Morgan fingerprint density at radius 3 is 2.52 bits per heavy atom. The van der Waals surface area contributed by atoms with Gasteiger partial charge in [0.05, 0.1) is 13.2 Å². The molecule has 6 heteroatoms. The van der Waals surface area contributed by atoms with Crippen LogP contribution in [0.1, 0.15) is 36.3 Å². The third kappa shape index (κ3) is 3.33. The number of H-pyrrole nitrogens is 1. The smallest absolute Gasteiger partial charge is 0.266 e. The van der Waals surface area contributed by atoms with Crippen molar-refractivity contribution in [1.29, 1.82) is 0 Å². The van der Waals surface area contributed by atoms with Crippen molar-refractivity contribution in [2.45, 2.75) is 25.9 Å². The zero-order valence-electron chi connectivity index (χ0n) is 16.7. The van der Waals surface area contributed by atoms with Crippen LogP contribution in [-0.2, 0) is 0 Å². The van der Waals surface area contributed by atoms with Gasteiger partial charge in [-0.2, -0.15) is 0 Å². The average molecular weight is 409 g/mol. The fourth-order valence-corrected chi connectivity index (χ4v) is 4.69. The molecule has 0 aliphatic heterocycles. The zero-order chi connectivity index (χ0) is 20.7. The Kier molecular flexibility index (Phi) is 5.17. The van der Waals surface area contributed by atoms with Crippen LogP contribution in [0.2, 0.25) is 0 Å². The van der Waals surface area contributed by atoms with Crippen LogP contribution in [0.4, 0.5) is 0 Å². The maximum atomic E-state index is 12.6. The molecule has 2 heterocycles. The minimum absolute atomic E-state index is 0.146. The standard InChI is InChI=1S/C23H24N2O3S/c1-12(11-24)14-4-6-15(7-5-14)20-18(28-3)9-8-17-21(20)16-10-19(13(2)26)29-22(16)23(27)25-17/h4-10,12-13,26H,11,24H2,1-3H3,(H,25,27)/t12-,13?/m0/s1. The molecule has 0 amide bonds. The van der Waals surface area contributed by atoms with E-state index in [4.69, 9.17) is 10.5 Å². The van der Waals surface area contributed by atoms with Crippen LogP contribution in [0.15, 0.2) is 47.3 Å². The number of nitrogens with one attached hydrogen (secondary N) is 1. The van der Waals surface area contributed by atoms with E-state index in [1.54, 1.807) is 14.0 Å². The van der Waals surface area contributed by atoms with Crippen molar-refractivity contribution in [2.75, 3.05) is 13.7 Å². The summed E-state index contributed by atoms with van der Waals surface area (Å²) in [6.45, 7) is 4.40. The Bertz CT molecular complexity index is 1240. The summed E-state index contributed by atoms with van der Waals surface area (Å²) in [4.78, 5) is 16.4. The lowest BCUT2D eigenvalue weighted by Crippen LogP contribution is -2.08. The summed E-state index contributed by atoms with van der Waals surface area (Å²) in [5.74, 6) is 1.02. The van der Waals surface area contributed by atoms with Gasteiger partial charge in [0.1, 0.15) is 10.4 Å². The van der Waals surface area contributed by atoms with E-state index in [0.717, 1.165) is 38.0 Å². The van der Waals surface area contributed by atoms with E-state index in [1.165, 1.54) is 16.9 Å². The molecular formula is C23H24N2O3S. The van der Waals surface area contributed by atoms with E-state index in [0.29, 0.717) is 11.2 Å². The second-order valence-electron chi connectivity index (χ2n) is 7.35. The third-order valence-electron chi connectivity index (χ3n) is 5.40. The topological polar surface area (TPSA) is 88.3 Å². The lowest BCUT2D eigenvalue weighted by Gasteiger charge is -2.15. The first-order valence-corrected chi connectivity index (χ1v) is 10.4. The molecule has 0 saturated carbocycles. The van der Waals surface area contributed by atoms with Gasteiger partial charge in [-0.3, -0.25) is 4.79 Å². The van der Waals surface area contributed by atoms with Gasteiger partial charge >= 0.3 is 0 Å². The second kappa shape index (κ2) is 7.63. The molecule has 2 aromatic heterocycles. The van der Waals surface area contributed by atoms with Crippen LogP contribution in [-0.4, -0.2) is 23.7 Å². The fourth-order valence-electron chi connectivity index (χ4n) is 3.69. The number of pyridine rings is 1. The van der Waals surface area contributed by atoms with Gasteiger partial charge in [-0.15, -0.1) is 11.3 Å². The predicted molar refractivity (Wildman–Crippen MR) is 120 cm³/mol. The van der Waals surface area contributed by atoms with E-state index < -0.39 is 6.10 Å². The summed E-state index contributed by atoms with van der Waals surface area (Å²) in [6.07, 6.45) is -0.632. The first kappa shape index (κ1) is 19.6. The van der Waals surface area contributed by atoms with Crippen LogP contribution in [0.25, 0.3) is 32.1 Å². The van der Waals surface area contributed by atoms with Crippen molar-refractivity contribution in [2.24, 2.45) is 5.73 Å². The van der Waals surface area contributed by atoms with Crippen LogP contribution < -0.4 is 16.0 Å². The molecule has 0 bridgehead atoms. The van der Waals surface area contributed by atoms with E-state index in [9.17, 15) is 9.90 Å². The van der Waals surface area contributed by atoms with Crippen molar-refractivity contribution >= 4 is 32.3 Å². The predicted octanol–water partition coefficient (Wildman–Crippen LogP) is 4.53. The Hall–Kier alpha value is -2.67. The van der Waals surface area contributed by atoms with Crippen LogP contribution in [0, 0.1) is 0 Å². The maximum absolute atomic E-state index is 12.6. The highest BCUT2D eigenvalue weighted by molar-refractivity contribution is 7.19. The molecule has 0 aliphatic rings. The van der Waals surface area contributed by atoms with Gasteiger partial charge in [-0.25, -0.2) is 0 Å². The molecule has 0 radical (unpaired) electrons. The molecule has 1 unspecified atom stereocenters. The summed E-state index contributed by atoms with van der Waals surface area (Å²) < 4.78 is 6.29. The van der Waals surface area contributed by atoms with Crippen molar-refractivity contribution in [3.05, 3.63) is 63.3 Å². The normalized spacial score (nSPS) is 13.7. The Balaban J connectivity index is 2.06. The number of aliphatic hydroxyl groups is 1. The van der Waals surface area contributed by atoms with Crippen molar-refractivity contribution in [3.63, 3.8) is 0 Å². The fraction of sp³-hybridized carbons (Fsp3) is 0.261. The number of benzene rings is 2. The molecule has 2 aromatic carbocycles. The van der Waals surface area contributed by atoms with Gasteiger partial charge in [0, 0.05) is 26.7 Å². The number of fused-ring (bicyclic) bond motifs is 3. The second-order valence-corrected chi connectivity index (χ2v) is 8.43. The molecule has 0 spiro atoms. The van der Waals surface area contributed by atoms with Crippen molar-refractivity contribution < 1.29 is 9.84 Å². The summed E-state index contributed by atoms with van der Waals surface area (Å²) in [6, 6.07) is 14.0. The van der Waals surface area contributed by atoms with E-state index >= 15 is 0 Å². The van der Waals surface area contributed by atoms with Crippen molar-refractivity contribution in [3.8, 4) is 16.9 Å². The number of hydrogen-bond donors (Lipinski definition) is 3. The monoisotopic (exact) mass is 408 g/mol. The molecule has 2 atom stereocenters. The molecule has 4 rings (SSSR count). The van der Waals surface area contributed by atoms with Crippen LogP contribution >= 0.6 is 11.3 Å². The van der Waals surface area contributed by atoms with E-state index in [2.05, 4.69) is 36.2 Å². The van der Waals surface area contributed by atoms with Gasteiger partial charge in [-0.05, 0) is 48.7 Å². The Morgan fingerprint density at radius 2 is 1.90 bits per heavy atom. The van der Waals surface area contributed by atoms with Gasteiger partial charge < -0.3 is 20.6 Å². The molecule has 0 aliphatic carbocycles. The SMILES string of the molecule is COc1ccc2[nH]c(=O)c3sc(C(C)O)cc3c2c1-c1ccc([C@@H](C)CN)cc1. The number of thiophene rings is 1. The highest BCUT2D eigenvalue weighted by Crippen LogP contribution is 2.41. The number of ether oxygens (including phenoxy) is 1. The average Bonchev–Trinajstić information content (AvgIpc) is 3.19. The van der Waals surface area contributed by atoms with Gasteiger partial charge in [-0.1, -0.05) is 31.2 Å². The molecule has 150 valence electrons. The molecule has 5 nitrogen and oxygen atoms in total. The largest absolute Gasteiger partial charge is 0.496 e. The van der Waals surface area contributed by atoms with Gasteiger partial charge in [0.2, 0.25) is 0 Å². The van der Waals surface area contributed by atoms with Crippen LogP contribution in [0.3, 0.4) is 0 Å². The number of rotatable bonds is 5. The minimum atomic E-state index is -0.632. The molecule has 0 fully saturated rings. The number of aliphatic hydroxyl groups excluding tert-OH is 1.